The fraction of sp³-hybridized carbons (Fsp3) is 0.200. The molecular formula is C25H25NO6. The van der Waals surface area contributed by atoms with E-state index in [1.54, 1.807) is 43.3 Å². The highest BCUT2D eigenvalue weighted by molar-refractivity contribution is 6.37. The number of phenols is 1. The Morgan fingerprint density at radius 1 is 1.00 bits per heavy atom. The predicted molar refractivity (Wildman–Crippen MR) is 120 cm³/mol. The minimum atomic E-state index is -1.01. The fourth-order valence-corrected chi connectivity index (χ4v) is 3.31. The van der Waals surface area contributed by atoms with Gasteiger partial charge in [0.1, 0.15) is 23.4 Å². The molecule has 166 valence electrons. The van der Waals surface area contributed by atoms with E-state index < -0.39 is 18.0 Å². The molecule has 3 N–H and O–H groups in total. The van der Waals surface area contributed by atoms with Crippen LogP contribution < -0.4 is 10.1 Å². The molecule has 0 spiro atoms. The summed E-state index contributed by atoms with van der Waals surface area (Å²) < 4.78 is 10.7. The van der Waals surface area contributed by atoms with Crippen LogP contribution in [0.3, 0.4) is 0 Å². The first-order valence-electron chi connectivity index (χ1n) is 10.1. The standard InChI is InChI=1S/C25H25NO6/c1-4-31-25(30)24(29)26-18-12-15(2)23(16(3)13-18)32-19-10-11-21(27)20(14-19)22(28)17-8-6-5-7-9-17/h5-14,22,27-28H,4H2,1-3H3,(H,26,29). The highest BCUT2D eigenvalue weighted by Crippen LogP contribution is 2.36. The Kier molecular flexibility index (Phi) is 7.12. The number of carbonyl (C=O) groups excluding carboxylic acids is 2. The van der Waals surface area contributed by atoms with Crippen LogP contribution in [0.15, 0.2) is 60.7 Å². The maximum absolute atomic E-state index is 11.9. The first kappa shape index (κ1) is 22.8. The molecule has 1 atom stereocenters. The number of aryl methyl sites for hydroxylation is 2. The van der Waals surface area contributed by atoms with E-state index in [9.17, 15) is 19.8 Å². The molecule has 7 heteroatoms. The van der Waals surface area contributed by atoms with Gasteiger partial charge < -0.3 is 25.0 Å². The monoisotopic (exact) mass is 435 g/mol. The topological polar surface area (TPSA) is 105 Å². The first-order valence-corrected chi connectivity index (χ1v) is 10.1. The van der Waals surface area contributed by atoms with Gasteiger partial charge in [-0.2, -0.15) is 0 Å². The molecule has 0 aromatic heterocycles. The number of hydrogen-bond donors (Lipinski definition) is 3. The molecule has 0 aliphatic carbocycles. The van der Waals surface area contributed by atoms with E-state index in [-0.39, 0.29) is 12.4 Å². The van der Waals surface area contributed by atoms with Crippen LogP contribution in [0.1, 0.15) is 35.3 Å². The summed E-state index contributed by atoms with van der Waals surface area (Å²) in [5, 5.41) is 23.4. The molecule has 0 aliphatic heterocycles. The SMILES string of the molecule is CCOC(=O)C(=O)Nc1cc(C)c(Oc2ccc(O)c(C(O)c3ccccc3)c2)c(C)c1. The quantitative estimate of drug-likeness (QED) is 0.392. The smallest absolute Gasteiger partial charge is 0.397 e. The van der Waals surface area contributed by atoms with Crippen molar-refractivity contribution in [3.05, 3.63) is 82.9 Å². The average molecular weight is 435 g/mol. The van der Waals surface area contributed by atoms with Gasteiger partial charge in [-0.3, -0.25) is 4.79 Å². The van der Waals surface area contributed by atoms with Gasteiger partial charge in [0.15, 0.2) is 0 Å². The number of phenolic OH excluding ortho intramolecular Hbond substituents is 1. The van der Waals surface area contributed by atoms with E-state index in [1.807, 2.05) is 32.0 Å². The van der Waals surface area contributed by atoms with Crippen LogP contribution in [0.25, 0.3) is 0 Å². The molecule has 1 unspecified atom stereocenters. The van der Waals surface area contributed by atoms with Gasteiger partial charge in [0.05, 0.1) is 6.61 Å². The fourth-order valence-electron chi connectivity index (χ4n) is 3.31. The van der Waals surface area contributed by atoms with Crippen LogP contribution in [0.2, 0.25) is 0 Å². The molecule has 0 heterocycles. The molecule has 32 heavy (non-hydrogen) atoms. The molecule has 1 amide bonds. The molecule has 3 aromatic carbocycles. The van der Waals surface area contributed by atoms with Gasteiger partial charge in [0.25, 0.3) is 0 Å². The largest absolute Gasteiger partial charge is 0.508 e. The Morgan fingerprint density at radius 3 is 2.28 bits per heavy atom. The number of aliphatic hydroxyl groups excluding tert-OH is 1. The number of rotatable bonds is 6. The molecular weight excluding hydrogens is 410 g/mol. The Hall–Kier alpha value is -3.84. The Morgan fingerprint density at radius 2 is 1.66 bits per heavy atom. The van der Waals surface area contributed by atoms with Gasteiger partial charge in [-0.15, -0.1) is 0 Å². The molecule has 0 bridgehead atoms. The third-order valence-electron chi connectivity index (χ3n) is 4.81. The van der Waals surface area contributed by atoms with E-state index in [0.29, 0.717) is 28.3 Å². The molecule has 0 saturated heterocycles. The number of aliphatic hydroxyl groups is 1. The lowest BCUT2D eigenvalue weighted by Crippen LogP contribution is -2.25. The van der Waals surface area contributed by atoms with Crippen molar-refractivity contribution in [1.29, 1.82) is 0 Å². The number of carbonyl (C=O) groups is 2. The second-order valence-corrected chi connectivity index (χ2v) is 7.25. The van der Waals surface area contributed by atoms with Crippen molar-refractivity contribution >= 4 is 17.6 Å². The summed E-state index contributed by atoms with van der Waals surface area (Å²) in [7, 11) is 0. The Bertz CT molecular complexity index is 1100. The molecule has 0 saturated carbocycles. The zero-order valence-corrected chi connectivity index (χ0v) is 18.1. The predicted octanol–water partition coefficient (Wildman–Crippen LogP) is 4.38. The summed E-state index contributed by atoms with van der Waals surface area (Å²) in [4.78, 5) is 23.4. The summed E-state index contributed by atoms with van der Waals surface area (Å²) in [5.41, 5.74) is 2.86. The van der Waals surface area contributed by atoms with Gasteiger partial charge in [-0.1, -0.05) is 30.3 Å². The summed E-state index contributed by atoms with van der Waals surface area (Å²) in [6.07, 6.45) is -1.01. The zero-order valence-electron chi connectivity index (χ0n) is 18.1. The van der Waals surface area contributed by atoms with Crippen molar-refractivity contribution in [1.82, 2.24) is 0 Å². The number of nitrogens with one attached hydrogen (secondary N) is 1. The number of anilines is 1. The van der Waals surface area contributed by atoms with Gasteiger partial charge in [0, 0.05) is 11.3 Å². The molecule has 7 nitrogen and oxygen atoms in total. The van der Waals surface area contributed by atoms with Gasteiger partial charge in [0.2, 0.25) is 0 Å². The average Bonchev–Trinajstić information content (AvgIpc) is 2.77. The molecule has 0 fully saturated rings. The normalized spacial score (nSPS) is 11.5. The van der Waals surface area contributed by atoms with Crippen LogP contribution in [0.5, 0.6) is 17.2 Å². The molecule has 0 radical (unpaired) electrons. The number of hydrogen-bond acceptors (Lipinski definition) is 6. The van der Waals surface area contributed by atoms with Crippen LogP contribution in [-0.4, -0.2) is 28.7 Å². The highest BCUT2D eigenvalue weighted by Gasteiger charge is 2.18. The van der Waals surface area contributed by atoms with Crippen LogP contribution >= 0.6 is 0 Å². The maximum atomic E-state index is 11.9. The lowest BCUT2D eigenvalue weighted by Gasteiger charge is -2.17. The maximum Gasteiger partial charge on any atom is 0.397 e. The third-order valence-corrected chi connectivity index (χ3v) is 4.81. The van der Waals surface area contributed by atoms with Crippen molar-refractivity contribution in [2.75, 3.05) is 11.9 Å². The van der Waals surface area contributed by atoms with Crippen LogP contribution in [-0.2, 0) is 14.3 Å². The minimum Gasteiger partial charge on any atom is -0.508 e. The Labute approximate surface area is 186 Å². The van der Waals surface area contributed by atoms with Crippen molar-refractivity contribution in [2.45, 2.75) is 26.9 Å². The number of ether oxygens (including phenoxy) is 2. The van der Waals surface area contributed by atoms with Crippen LogP contribution in [0, 0.1) is 13.8 Å². The second-order valence-electron chi connectivity index (χ2n) is 7.25. The first-order chi connectivity index (χ1) is 15.3. The van der Waals surface area contributed by atoms with E-state index in [1.165, 1.54) is 6.07 Å². The number of benzene rings is 3. The summed E-state index contributed by atoms with van der Waals surface area (Å²) in [5.74, 6) is -0.847. The summed E-state index contributed by atoms with van der Waals surface area (Å²) in [6.45, 7) is 5.36. The van der Waals surface area contributed by atoms with E-state index >= 15 is 0 Å². The molecule has 3 rings (SSSR count). The van der Waals surface area contributed by atoms with Crippen LogP contribution in [0.4, 0.5) is 5.69 Å². The highest BCUT2D eigenvalue weighted by atomic mass is 16.5. The minimum absolute atomic E-state index is 0.0424. The lowest BCUT2D eigenvalue weighted by atomic mass is 10.0. The second kappa shape index (κ2) is 9.98. The van der Waals surface area contributed by atoms with E-state index in [2.05, 4.69) is 5.32 Å². The van der Waals surface area contributed by atoms with E-state index in [4.69, 9.17) is 9.47 Å². The summed E-state index contributed by atoms with van der Waals surface area (Å²) in [6, 6.07) is 17.0. The summed E-state index contributed by atoms with van der Waals surface area (Å²) >= 11 is 0. The van der Waals surface area contributed by atoms with Crippen molar-refractivity contribution in [3.63, 3.8) is 0 Å². The zero-order chi connectivity index (χ0) is 23.3. The lowest BCUT2D eigenvalue weighted by molar-refractivity contribution is -0.152. The van der Waals surface area contributed by atoms with Gasteiger partial charge in [-0.25, -0.2) is 4.79 Å². The van der Waals surface area contributed by atoms with Crippen molar-refractivity contribution in [2.24, 2.45) is 0 Å². The number of aromatic hydroxyl groups is 1. The Balaban J connectivity index is 1.83. The van der Waals surface area contributed by atoms with Crippen molar-refractivity contribution in [3.8, 4) is 17.2 Å². The van der Waals surface area contributed by atoms with Gasteiger partial charge in [-0.05, 0) is 67.8 Å². The molecule has 0 aliphatic rings. The third kappa shape index (κ3) is 5.25. The van der Waals surface area contributed by atoms with Crippen molar-refractivity contribution < 1.29 is 29.3 Å². The van der Waals surface area contributed by atoms with Gasteiger partial charge >= 0.3 is 11.9 Å². The van der Waals surface area contributed by atoms with E-state index in [0.717, 1.165) is 11.1 Å². The number of amides is 1. The number of esters is 1. The molecule has 3 aromatic rings.